The van der Waals surface area contributed by atoms with Crippen molar-refractivity contribution in [3.63, 3.8) is 0 Å². The Morgan fingerprint density at radius 3 is 2.23 bits per heavy atom. The molecule has 2 aromatic carbocycles. The van der Waals surface area contributed by atoms with Crippen LogP contribution in [0.5, 0.6) is 17.2 Å². The number of carbonyl (C=O) groups excluding carboxylic acids is 3. The molecule has 31 heavy (non-hydrogen) atoms. The molecule has 1 aliphatic heterocycles. The van der Waals surface area contributed by atoms with E-state index in [4.69, 9.17) is 9.47 Å². The lowest BCUT2D eigenvalue weighted by molar-refractivity contribution is -0.134. The van der Waals surface area contributed by atoms with Crippen LogP contribution in [0.1, 0.15) is 26.7 Å². The van der Waals surface area contributed by atoms with Crippen molar-refractivity contribution in [2.75, 3.05) is 18.5 Å². The van der Waals surface area contributed by atoms with Gasteiger partial charge in [-0.3, -0.25) is 14.5 Å². The summed E-state index contributed by atoms with van der Waals surface area (Å²) in [5, 5.41) is 5.45. The van der Waals surface area contributed by atoms with Gasteiger partial charge in [0.1, 0.15) is 29.3 Å². The molecule has 2 aliphatic rings. The van der Waals surface area contributed by atoms with Gasteiger partial charge in [-0.2, -0.15) is 0 Å². The normalized spacial score (nSPS) is 20.4. The third-order valence-electron chi connectivity index (χ3n) is 5.51. The van der Waals surface area contributed by atoms with Crippen LogP contribution in [0.4, 0.5) is 10.5 Å². The molecule has 2 fully saturated rings. The molecule has 4 amide bonds. The number of anilines is 1. The minimum atomic E-state index is -0.892. The molecule has 0 bridgehead atoms. The standard InChI is InChI=1S/C23H25N3O5/c1-3-30-17-10-12-19(13-11-17)31-18-8-6-16(7-9-18)24-20(27)14-26-21(28)23(2,15-4-5-15)25-22(26)29/h6-13,15H,3-5,14H2,1-2H3,(H,24,27)(H,25,29)/t23-/m0/s1. The summed E-state index contributed by atoms with van der Waals surface area (Å²) < 4.78 is 11.2. The molecular formula is C23H25N3O5. The first kappa shape index (κ1) is 20.7. The maximum Gasteiger partial charge on any atom is 0.325 e. The van der Waals surface area contributed by atoms with Gasteiger partial charge in [0.05, 0.1) is 6.61 Å². The number of hydrogen-bond acceptors (Lipinski definition) is 5. The van der Waals surface area contributed by atoms with Crippen LogP contribution in [0.2, 0.25) is 0 Å². The highest BCUT2D eigenvalue weighted by Gasteiger charge is 2.56. The van der Waals surface area contributed by atoms with Gasteiger partial charge >= 0.3 is 6.03 Å². The van der Waals surface area contributed by atoms with Crippen LogP contribution in [-0.4, -0.2) is 41.4 Å². The average molecular weight is 423 g/mol. The van der Waals surface area contributed by atoms with Crippen molar-refractivity contribution in [1.29, 1.82) is 0 Å². The minimum absolute atomic E-state index is 0.153. The number of ether oxygens (including phenoxy) is 2. The highest BCUT2D eigenvalue weighted by Crippen LogP contribution is 2.42. The largest absolute Gasteiger partial charge is 0.494 e. The lowest BCUT2D eigenvalue weighted by Crippen LogP contribution is -2.46. The summed E-state index contributed by atoms with van der Waals surface area (Å²) in [6, 6.07) is 13.6. The predicted molar refractivity (Wildman–Crippen MR) is 114 cm³/mol. The van der Waals surface area contributed by atoms with Gasteiger partial charge in [-0.25, -0.2) is 4.79 Å². The van der Waals surface area contributed by atoms with E-state index in [2.05, 4.69) is 10.6 Å². The van der Waals surface area contributed by atoms with Crippen molar-refractivity contribution in [1.82, 2.24) is 10.2 Å². The number of nitrogens with one attached hydrogen (secondary N) is 2. The molecule has 4 rings (SSSR count). The number of amides is 4. The Kier molecular flexibility index (Phi) is 5.54. The van der Waals surface area contributed by atoms with Crippen molar-refractivity contribution in [2.24, 2.45) is 5.92 Å². The fourth-order valence-corrected chi connectivity index (χ4v) is 3.65. The molecule has 0 aromatic heterocycles. The first-order valence-electron chi connectivity index (χ1n) is 10.3. The Morgan fingerprint density at radius 1 is 1.06 bits per heavy atom. The predicted octanol–water partition coefficient (Wildman–Crippen LogP) is 3.54. The second kappa shape index (κ2) is 8.29. The van der Waals surface area contributed by atoms with Crippen molar-refractivity contribution in [2.45, 2.75) is 32.2 Å². The minimum Gasteiger partial charge on any atom is -0.494 e. The molecule has 2 N–H and O–H groups in total. The number of hydrogen-bond donors (Lipinski definition) is 2. The number of nitrogens with zero attached hydrogens (tertiary/aromatic N) is 1. The van der Waals surface area contributed by atoms with Crippen LogP contribution in [-0.2, 0) is 9.59 Å². The van der Waals surface area contributed by atoms with Gasteiger partial charge < -0.3 is 20.1 Å². The molecule has 1 atom stereocenters. The van der Waals surface area contributed by atoms with Gasteiger partial charge in [0, 0.05) is 5.69 Å². The molecule has 1 saturated carbocycles. The van der Waals surface area contributed by atoms with Crippen molar-refractivity contribution in [3.05, 3.63) is 48.5 Å². The third-order valence-corrected chi connectivity index (χ3v) is 5.51. The summed E-state index contributed by atoms with van der Waals surface area (Å²) in [6.45, 7) is 3.93. The van der Waals surface area contributed by atoms with Gasteiger partial charge in [-0.15, -0.1) is 0 Å². The van der Waals surface area contributed by atoms with E-state index in [0.717, 1.165) is 23.5 Å². The zero-order valence-electron chi connectivity index (χ0n) is 17.5. The molecule has 162 valence electrons. The van der Waals surface area contributed by atoms with E-state index in [0.29, 0.717) is 23.8 Å². The number of imide groups is 1. The molecular weight excluding hydrogens is 398 g/mol. The molecule has 0 unspecified atom stereocenters. The van der Waals surface area contributed by atoms with Gasteiger partial charge in [-0.1, -0.05) is 0 Å². The molecule has 1 saturated heterocycles. The fourth-order valence-electron chi connectivity index (χ4n) is 3.65. The monoisotopic (exact) mass is 423 g/mol. The van der Waals surface area contributed by atoms with E-state index in [-0.39, 0.29) is 18.4 Å². The summed E-state index contributed by atoms with van der Waals surface area (Å²) in [4.78, 5) is 38.2. The van der Waals surface area contributed by atoms with E-state index in [1.54, 1.807) is 31.2 Å². The summed E-state index contributed by atoms with van der Waals surface area (Å²) in [6.07, 6.45) is 1.82. The number of rotatable bonds is 8. The average Bonchev–Trinajstić information content (AvgIpc) is 3.57. The lowest BCUT2D eigenvalue weighted by atomic mass is 9.96. The summed E-state index contributed by atoms with van der Waals surface area (Å²) in [5.41, 5.74) is -0.349. The fraction of sp³-hybridized carbons (Fsp3) is 0.348. The molecule has 8 heteroatoms. The smallest absolute Gasteiger partial charge is 0.325 e. The van der Waals surface area contributed by atoms with Gasteiger partial charge in [0.25, 0.3) is 5.91 Å². The van der Waals surface area contributed by atoms with Crippen LogP contribution in [0.3, 0.4) is 0 Å². The quantitative estimate of drug-likeness (QED) is 0.633. The van der Waals surface area contributed by atoms with E-state index < -0.39 is 17.5 Å². The Hall–Kier alpha value is -3.55. The van der Waals surface area contributed by atoms with Crippen LogP contribution < -0.4 is 20.1 Å². The van der Waals surface area contributed by atoms with Crippen LogP contribution >= 0.6 is 0 Å². The van der Waals surface area contributed by atoms with Gasteiger partial charge in [0.15, 0.2) is 0 Å². The van der Waals surface area contributed by atoms with Crippen LogP contribution in [0, 0.1) is 5.92 Å². The van der Waals surface area contributed by atoms with E-state index >= 15 is 0 Å². The van der Waals surface area contributed by atoms with Crippen molar-refractivity contribution < 1.29 is 23.9 Å². The Morgan fingerprint density at radius 2 is 1.65 bits per heavy atom. The molecule has 8 nitrogen and oxygen atoms in total. The SMILES string of the molecule is CCOc1ccc(Oc2ccc(NC(=O)CN3C(=O)N[C@@](C)(C4CC4)C3=O)cc2)cc1. The number of urea groups is 1. The van der Waals surface area contributed by atoms with Crippen molar-refractivity contribution >= 4 is 23.5 Å². The maximum absolute atomic E-state index is 12.6. The van der Waals surface area contributed by atoms with Crippen molar-refractivity contribution in [3.8, 4) is 17.2 Å². The van der Waals surface area contributed by atoms with E-state index in [1.807, 2.05) is 31.2 Å². The van der Waals surface area contributed by atoms with Gasteiger partial charge in [-0.05, 0) is 81.1 Å². The topological polar surface area (TPSA) is 97.0 Å². The zero-order valence-corrected chi connectivity index (χ0v) is 17.5. The van der Waals surface area contributed by atoms with Crippen LogP contribution in [0.15, 0.2) is 48.5 Å². The number of benzene rings is 2. The molecule has 0 radical (unpaired) electrons. The molecule has 2 aromatic rings. The molecule has 0 spiro atoms. The second-order valence-electron chi connectivity index (χ2n) is 7.88. The van der Waals surface area contributed by atoms with Gasteiger partial charge in [0.2, 0.25) is 5.91 Å². The highest BCUT2D eigenvalue weighted by atomic mass is 16.5. The van der Waals surface area contributed by atoms with Crippen LogP contribution in [0.25, 0.3) is 0 Å². The molecule has 1 aliphatic carbocycles. The summed E-state index contributed by atoms with van der Waals surface area (Å²) in [5.74, 6) is 1.42. The molecule has 1 heterocycles. The van der Waals surface area contributed by atoms with E-state index in [1.165, 1.54) is 0 Å². The summed E-state index contributed by atoms with van der Waals surface area (Å²) >= 11 is 0. The zero-order chi connectivity index (χ0) is 22.0. The summed E-state index contributed by atoms with van der Waals surface area (Å²) in [7, 11) is 0. The first-order valence-corrected chi connectivity index (χ1v) is 10.3. The highest BCUT2D eigenvalue weighted by molar-refractivity contribution is 6.10. The van der Waals surface area contributed by atoms with E-state index in [9.17, 15) is 14.4 Å². The Balaban J connectivity index is 1.32. The Labute approximate surface area is 180 Å². The lowest BCUT2D eigenvalue weighted by Gasteiger charge is -2.20. The maximum atomic E-state index is 12.6. The first-order chi connectivity index (χ1) is 14.9. The Bertz CT molecular complexity index is 985. The third kappa shape index (κ3) is 4.47. The number of carbonyl (C=O) groups is 3. The second-order valence-corrected chi connectivity index (χ2v) is 7.88.